The van der Waals surface area contributed by atoms with Gasteiger partial charge in [-0.1, -0.05) is 30.2 Å². The van der Waals surface area contributed by atoms with Crippen LogP contribution >= 0.6 is 0 Å². The average Bonchev–Trinajstić information content (AvgIpc) is 3.70. The number of fused-ring (bicyclic) bond motifs is 3. The second kappa shape index (κ2) is 11.7. The van der Waals surface area contributed by atoms with Gasteiger partial charge in [0.25, 0.3) is 0 Å². The Hall–Kier alpha value is -3.94. The smallest absolute Gasteiger partial charge is 0.320 e. The number of terminal acetylenes is 1. The summed E-state index contributed by atoms with van der Waals surface area (Å²) in [6, 6.07) is 8.78. The molecular weight excluding hydrogens is 543 g/mol. The third kappa shape index (κ3) is 5.23. The number of ether oxygens (including phenoxy) is 2. The summed E-state index contributed by atoms with van der Waals surface area (Å²) in [4.78, 5) is 15.1. The van der Waals surface area contributed by atoms with Crippen molar-refractivity contribution < 1.29 is 22.6 Å². The molecule has 4 unspecified atom stereocenters. The van der Waals surface area contributed by atoms with Crippen LogP contribution in [0.25, 0.3) is 32.9 Å². The summed E-state index contributed by atoms with van der Waals surface area (Å²) in [5.74, 6) is 1.32. The molecule has 0 bridgehead atoms. The molecular formula is C32H32F3N5O2. The van der Waals surface area contributed by atoms with E-state index in [9.17, 15) is 8.78 Å². The molecule has 4 aromatic rings. The van der Waals surface area contributed by atoms with Crippen molar-refractivity contribution in [3.05, 3.63) is 53.7 Å². The van der Waals surface area contributed by atoms with Crippen molar-refractivity contribution in [3.63, 3.8) is 0 Å². The molecule has 2 aromatic heterocycles. The molecule has 7 nitrogen and oxygen atoms in total. The zero-order valence-corrected chi connectivity index (χ0v) is 23.5. The number of alkyl halides is 1. The predicted molar refractivity (Wildman–Crippen MR) is 155 cm³/mol. The van der Waals surface area contributed by atoms with Crippen molar-refractivity contribution in [2.45, 2.75) is 57.0 Å². The number of nitrogens with one attached hydrogen (secondary N) is 1. The van der Waals surface area contributed by atoms with Crippen LogP contribution in [0.15, 0.2) is 36.5 Å². The van der Waals surface area contributed by atoms with E-state index in [4.69, 9.17) is 15.9 Å². The lowest BCUT2D eigenvalue weighted by atomic mass is 9.96. The summed E-state index contributed by atoms with van der Waals surface area (Å²) < 4.78 is 54.2. The van der Waals surface area contributed by atoms with Crippen molar-refractivity contribution in [2.75, 3.05) is 26.7 Å². The summed E-state index contributed by atoms with van der Waals surface area (Å²) in [7, 11) is 1.40. The van der Waals surface area contributed by atoms with E-state index in [2.05, 4.69) is 31.1 Å². The van der Waals surface area contributed by atoms with Gasteiger partial charge in [0.05, 0.1) is 18.1 Å². The number of hydrogen-bond acceptors (Lipinski definition) is 7. The largest absolute Gasteiger partial charge is 0.472 e. The van der Waals surface area contributed by atoms with Crippen LogP contribution in [-0.2, 0) is 0 Å². The number of methoxy groups -OCH3 is 1. The summed E-state index contributed by atoms with van der Waals surface area (Å²) in [5.41, 5.74) is 0.415. The first-order valence-corrected chi connectivity index (χ1v) is 14.2. The molecule has 0 aliphatic carbocycles. The van der Waals surface area contributed by atoms with Gasteiger partial charge in [0.1, 0.15) is 29.3 Å². The molecule has 42 heavy (non-hydrogen) atoms. The van der Waals surface area contributed by atoms with Crippen LogP contribution < -0.4 is 14.8 Å². The maximum Gasteiger partial charge on any atom is 0.320 e. The SMILES string of the molecule is C#Cc1c(F)ccc2cccc(-c3ncc4c(OC5CCNC5C)nc(OC)nc4c3F)c12.FC1CC2CCCN2C1. The Kier molecular flexibility index (Phi) is 7.88. The molecule has 4 atom stereocenters. The molecule has 3 saturated heterocycles. The third-order valence-corrected chi connectivity index (χ3v) is 8.38. The number of halogens is 3. The van der Waals surface area contributed by atoms with Gasteiger partial charge >= 0.3 is 6.01 Å². The highest BCUT2D eigenvalue weighted by Gasteiger charge is 2.34. The minimum atomic E-state index is -0.699. The maximum absolute atomic E-state index is 15.9. The number of rotatable bonds is 4. The van der Waals surface area contributed by atoms with Crippen LogP contribution in [0, 0.1) is 24.0 Å². The van der Waals surface area contributed by atoms with Crippen molar-refractivity contribution in [2.24, 2.45) is 0 Å². The normalized spacial score (nSPS) is 23.4. The van der Waals surface area contributed by atoms with Crippen LogP contribution in [0.3, 0.4) is 0 Å². The minimum Gasteiger partial charge on any atom is -0.472 e. The van der Waals surface area contributed by atoms with E-state index in [-0.39, 0.29) is 40.8 Å². The standard InChI is InChI=1S/C25H20F2N4O2.C7H12FN/c1-4-15-18(26)9-8-14-6-5-7-16(20(14)15)22-21(27)23-17(12-29-22)24(31-25(30-23)32-3)33-19-10-11-28-13(19)2;8-6-4-7-2-1-3-9(7)5-6/h1,5-9,12-13,19,28H,10-11H2,2-3H3;6-7H,1-5H2. The van der Waals surface area contributed by atoms with Gasteiger partial charge in [0.2, 0.25) is 5.88 Å². The zero-order valence-electron chi connectivity index (χ0n) is 23.5. The minimum absolute atomic E-state index is 0.00203. The second-order valence-corrected chi connectivity index (χ2v) is 11.0. The van der Waals surface area contributed by atoms with Crippen molar-refractivity contribution in [3.8, 4) is 35.5 Å². The molecule has 0 amide bonds. The van der Waals surface area contributed by atoms with E-state index in [1.807, 2.05) is 6.92 Å². The van der Waals surface area contributed by atoms with Gasteiger partial charge in [-0.2, -0.15) is 9.97 Å². The van der Waals surface area contributed by atoms with Gasteiger partial charge in [-0.15, -0.1) is 6.42 Å². The molecule has 5 heterocycles. The highest BCUT2D eigenvalue weighted by Crippen LogP contribution is 2.36. The Balaban J connectivity index is 0.000000296. The molecule has 0 spiro atoms. The number of aromatic nitrogens is 3. The first kappa shape index (κ1) is 28.2. The van der Waals surface area contributed by atoms with Crippen LogP contribution in [0.1, 0.15) is 38.2 Å². The van der Waals surface area contributed by atoms with Crippen LogP contribution in [0.5, 0.6) is 11.9 Å². The van der Waals surface area contributed by atoms with Crippen molar-refractivity contribution in [1.82, 2.24) is 25.2 Å². The Morgan fingerprint density at radius 3 is 2.74 bits per heavy atom. The lowest BCUT2D eigenvalue weighted by Gasteiger charge is -2.18. The Bertz CT molecular complexity index is 1660. The lowest BCUT2D eigenvalue weighted by molar-refractivity contribution is 0.185. The molecule has 7 rings (SSSR count). The Morgan fingerprint density at radius 2 is 2.00 bits per heavy atom. The number of nitrogens with zero attached hydrogens (tertiary/aromatic N) is 4. The van der Waals surface area contributed by atoms with Gasteiger partial charge in [0, 0.05) is 35.8 Å². The van der Waals surface area contributed by atoms with Gasteiger partial charge in [0.15, 0.2) is 5.82 Å². The van der Waals surface area contributed by atoms with Gasteiger partial charge in [-0.25, -0.2) is 13.2 Å². The highest BCUT2D eigenvalue weighted by molar-refractivity contribution is 6.01. The fourth-order valence-electron chi connectivity index (χ4n) is 6.24. The fourth-order valence-corrected chi connectivity index (χ4v) is 6.24. The quantitative estimate of drug-likeness (QED) is 0.325. The third-order valence-electron chi connectivity index (χ3n) is 8.38. The monoisotopic (exact) mass is 575 g/mol. The predicted octanol–water partition coefficient (Wildman–Crippen LogP) is 5.43. The molecule has 0 radical (unpaired) electrons. The lowest BCUT2D eigenvalue weighted by Crippen LogP contribution is -2.31. The second-order valence-electron chi connectivity index (χ2n) is 11.0. The topological polar surface area (TPSA) is 72.4 Å². The molecule has 1 N–H and O–H groups in total. The van der Waals surface area contributed by atoms with E-state index in [0.717, 1.165) is 25.9 Å². The van der Waals surface area contributed by atoms with E-state index in [1.165, 1.54) is 32.2 Å². The molecule has 2 aromatic carbocycles. The highest BCUT2D eigenvalue weighted by atomic mass is 19.1. The molecule has 0 saturated carbocycles. The van der Waals surface area contributed by atoms with Crippen molar-refractivity contribution >= 4 is 21.7 Å². The first-order valence-electron chi connectivity index (χ1n) is 14.2. The molecule has 218 valence electrons. The van der Waals surface area contributed by atoms with Crippen LogP contribution in [0.2, 0.25) is 0 Å². The van der Waals surface area contributed by atoms with E-state index >= 15 is 4.39 Å². The average molecular weight is 576 g/mol. The molecule has 10 heteroatoms. The maximum atomic E-state index is 15.9. The number of benzene rings is 2. The van der Waals surface area contributed by atoms with E-state index in [1.54, 1.807) is 24.3 Å². The summed E-state index contributed by atoms with van der Waals surface area (Å²) in [6.45, 7) is 4.69. The zero-order chi connectivity index (χ0) is 29.4. The van der Waals surface area contributed by atoms with Crippen molar-refractivity contribution in [1.29, 1.82) is 0 Å². The number of pyridine rings is 1. The van der Waals surface area contributed by atoms with E-state index < -0.39 is 17.8 Å². The van der Waals surface area contributed by atoms with Gasteiger partial charge in [-0.3, -0.25) is 9.88 Å². The summed E-state index contributed by atoms with van der Waals surface area (Å²) in [6.07, 6.45) is 10.5. The molecule has 3 fully saturated rings. The van der Waals surface area contributed by atoms with Crippen LogP contribution in [0.4, 0.5) is 13.2 Å². The Labute approximate surface area is 242 Å². The van der Waals surface area contributed by atoms with E-state index in [0.29, 0.717) is 34.3 Å². The molecule has 3 aliphatic rings. The van der Waals surface area contributed by atoms with Gasteiger partial charge in [-0.05, 0) is 57.1 Å². The summed E-state index contributed by atoms with van der Waals surface area (Å²) in [5, 5.41) is 4.71. The Morgan fingerprint density at radius 1 is 1.14 bits per heavy atom. The number of hydrogen-bond donors (Lipinski definition) is 1. The fraction of sp³-hybridized carbons (Fsp3) is 0.406. The molecule has 3 aliphatic heterocycles. The van der Waals surface area contributed by atoms with Gasteiger partial charge < -0.3 is 14.8 Å². The van der Waals surface area contributed by atoms with Crippen LogP contribution in [-0.4, -0.2) is 71.0 Å². The first-order chi connectivity index (χ1) is 20.4. The summed E-state index contributed by atoms with van der Waals surface area (Å²) >= 11 is 0.